The van der Waals surface area contributed by atoms with Gasteiger partial charge in [-0.2, -0.15) is 4.31 Å². The molecular weight excluding hydrogens is 434 g/mol. The van der Waals surface area contributed by atoms with Crippen LogP contribution in [0.1, 0.15) is 22.8 Å². The van der Waals surface area contributed by atoms with E-state index in [4.69, 9.17) is 9.47 Å². The van der Waals surface area contributed by atoms with Crippen LogP contribution >= 0.6 is 0 Å². The third kappa shape index (κ3) is 4.56. The summed E-state index contributed by atoms with van der Waals surface area (Å²) in [5, 5.41) is 2.83. The van der Waals surface area contributed by atoms with Crippen LogP contribution in [0.5, 0.6) is 11.5 Å². The van der Waals surface area contributed by atoms with Gasteiger partial charge in [0.25, 0.3) is 5.91 Å². The third-order valence-electron chi connectivity index (χ3n) is 5.53. The van der Waals surface area contributed by atoms with Gasteiger partial charge < -0.3 is 19.7 Å². The zero-order chi connectivity index (χ0) is 22.7. The zero-order valence-electron chi connectivity index (χ0n) is 17.7. The standard InChI is InChI=1S/C22H25N3O6S/c1-16(26)24-9-11-25(12-10-24)32(28,29)19-7-5-17(6-8-19)22(27)23-15-18-3-2-4-20-21(18)31-14-13-30-20/h2-8H,9-15H2,1H3,(H,23,27). The number of benzene rings is 2. The number of carbonyl (C=O) groups excluding carboxylic acids is 2. The van der Waals surface area contributed by atoms with E-state index in [1.54, 1.807) is 4.90 Å². The van der Waals surface area contributed by atoms with E-state index in [1.165, 1.54) is 35.5 Å². The molecule has 32 heavy (non-hydrogen) atoms. The van der Waals surface area contributed by atoms with Crippen LogP contribution < -0.4 is 14.8 Å². The summed E-state index contributed by atoms with van der Waals surface area (Å²) in [4.78, 5) is 25.8. The van der Waals surface area contributed by atoms with Crippen molar-refractivity contribution in [2.75, 3.05) is 39.4 Å². The topological polar surface area (TPSA) is 105 Å². The van der Waals surface area contributed by atoms with E-state index in [0.717, 1.165) is 5.56 Å². The number of fused-ring (bicyclic) bond motifs is 1. The van der Waals surface area contributed by atoms with Gasteiger partial charge in [0.2, 0.25) is 15.9 Å². The molecule has 0 saturated carbocycles. The molecule has 0 aliphatic carbocycles. The van der Waals surface area contributed by atoms with Gasteiger partial charge in [0.15, 0.2) is 11.5 Å². The first-order chi connectivity index (χ1) is 15.4. The largest absolute Gasteiger partial charge is 0.486 e. The lowest BCUT2D eigenvalue weighted by molar-refractivity contribution is -0.129. The Bertz CT molecular complexity index is 1110. The number of nitrogens with zero attached hydrogens (tertiary/aromatic N) is 2. The molecule has 170 valence electrons. The number of hydrogen-bond donors (Lipinski definition) is 1. The predicted molar refractivity (Wildman–Crippen MR) is 116 cm³/mol. The van der Waals surface area contributed by atoms with Crippen LogP contribution in [0.3, 0.4) is 0 Å². The zero-order valence-corrected chi connectivity index (χ0v) is 18.6. The van der Waals surface area contributed by atoms with Crippen molar-refractivity contribution in [1.29, 1.82) is 0 Å². The molecule has 2 amide bonds. The molecule has 2 aromatic carbocycles. The Morgan fingerprint density at radius 3 is 2.34 bits per heavy atom. The van der Waals surface area contributed by atoms with Crippen molar-refractivity contribution in [3.8, 4) is 11.5 Å². The van der Waals surface area contributed by atoms with Gasteiger partial charge in [0.1, 0.15) is 13.2 Å². The maximum atomic E-state index is 12.9. The number of ether oxygens (including phenoxy) is 2. The van der Waals surface area contributed by atoms with Gasteiger partial charge >= 0.3 is 0 Å². The Kier molecular flexibility index (Phi) is 6.33. The number of hydrogen-bond acceptors (Lipinski definition) is 6. The molecule has 2 aliphatic rings. The van der Waals surface area contributed by atoms with E-state index >= 15 is 0 Å². The minimum Gasteiger partial charge on any atom is -0.486 e. The van der Waals surface area contributed by atoms with Gasteiger partial charge in [-0.15, -0.1) is 0 Å². The number of para-hydroxylation sites is 1. The molecule has 2 aliphatic heterocycles. The predicted octanol–water partition coefficient (Wildman–Crippen LogP) is 1.24. The summed E-state index contributed by atoms with van der Waals surface area (Å²) < 4.78 is 38.3. The van der Waals surface area contributed by atoms with Crippen molar-refractivity contribution in [3.05, 3.63) is 53.6 Å². The SMILES string of the molecule is CC(=O)N1CCN(S(=O)(=O)c2ccc(C(=O)NCc3cccc4c3OCCO4)cc2)CC1. The molecule has 9 nitrogen and oxygen atoms in total. The lowest BCUT2D eigenvalue weighted by Gasteiger charge is -2.33. The number of piperazine rings is 1. The molecule has 2 heterocycles. The van der Waals surface area contributed by atoms with E-state index in [0.29, 0.717) is 43.4 Å². The first kappa shape index (κ1) is 22.1. The quantitative estimate of drug-likeness (QED) is 0.721. The summed E-state index contributed by atoms with van der Waals surface area (Å²) in [6, 6.07) is 11.4. The molecule has 2 aromatic rings. The van der Waals surface area contributed by atoms with E-state index in [9.17, 15) is 18.0 Å². The monoisotopic (exact) mass is 459 g/mol. The second-order valence-electron chi connectivity index (χ2n) is 7.56. The molecule has 0 radical (unpaired) electrons. The number of rotatable bonds is 5. The molecule has 10 heteroatoms. The van der Waals surface area contributed by atoms with Crippen LogP contribution in [0.2, 0.25) is 0 Å². The lowest BCUT2D eigenvalue weighted by Crippen LogP contribution is -2.49. The van der Waals surface area contributed by atoms with Gasteiger partial charge in [-0.1, -0.05) is 12.1 Å². The highest BCUT2D eigenvalue weighted by Crippen LogP contribution is 2.33. The molecule has 0 atom stereocenters. The fourth-order valence-electron chi connectivity index (χ4n) is 3.72. The molecule has 4 rings (SSSR count). The Balaban J connectivity index is 1.39. The van der Waals surface area contributed by atoms with Crippen LogP contribution in [-0.2, 0) is 21.4 Å². The van der Waals surface area contributed by atoms with Crippen molar-refractivity contribution in [3.63, 3.8) is 0 Å². The third-order valence-corrected chi connectivity index (χ3v) is 7.44. The molecule has 1 saturated heterocycles. The molecule has 0 aromatic heterocycles. The fraction of sp³-hybridized carbons (Fsp3) is 0.364. The number of carbonyl (C=O) groups is 2. The normalized spacial score (nSPS) is 16.5. The van der Waals surface area contributed by atoms with Crippen molar-refractivity contribution >= 4 is 21.8 Å². The summed E-state index contributed by atoms with van der Waals surface area (Å²) in [5.41, 5.74) is 1.16. The molecule has 1 N–H and O–H groups in total. The number of sulfonamides is 1. The number of amides is 2. The van der Waals surface area contributed by atoms with E-state index < -0.39 is 10.0 Å². The first-order valence-corrected chi connectivity index (χ1v) is 11.8. The Morgan fingerprint density at radius 2 is 1.66 bits per heavy atom. The molecule has 0 unspecified atom stereocenters. The summed E-state index contributed by atoms with van der Waals surface area (Å²) in [5.74, 6) is 0.901. The summed E-state index contributed by atoms with van der Waals surface area (Å²) in [6.45, 7) is 3.91. The van der Waals surface area contributed by atoms with Gasteiger partial charge in [-0.3, -0.25) is 9.59 Å². The van der Waals surface area contributed by atoms with Crippen LogP contribution in [-0.4, -0.2) is 68.8 Å². The van der Waals surface area contributed by atoms with Gasteiger partial charge in [0.05, 0.1) is 4.90 Å². The average Bonchev–Trinajstić information content (AvgIpc) is 2.82. The minimum atomic E-state index is -3.69. The second-order valence-corrected chi connectivity index (χ2v) is 9.50. The maximum absolute atomic E-state index is 12.9. The van der Waals surface area contributed by atoms with Crippen LogP contribution in [0.25, 0.3) is 0 Å². The highest BCUT2D eigenvalue weighted by molar-refractivity contribution is 7.89. The van der Waals surface area contributed by atoms with Crippen molar-refractivity contribution in [1.82, 2.24) is 14.5 Å². The van der Waals surface area contributed by atoms with Crippen molar-refractivity contribution in [2.45, 2.75) is 18.4 Å². The summed E-state index contributed by atoms with van der Waals surface area (Å²) in [6.07, 6.45) is 0. The lowest BCUT2D eigenvalue weighted by atomic mass is 10.1. The van der Waals surface area contributed by atoms with Gasteiger partial charge in [-0.25, -0.2) is 8.42 Å². The number of nitrogens with one attached hydrogen (secondary N) is 1. The molecule has 0 bridgehead atoms. The van der Waals surface area contributed by atoms with Crippen LogP contribution in [0.4, 0.5) is 0 Å². The second kappa shape index (κ2) is 9.17. The first-order valence-electron chi connectivity index (χ1n) is 10.4. The van der Waals surface area contributed by atoms with E-state index in [2.05, 4.69) is 5.32 Å². The smallest absolute Gasteiger partial charge is 0.251 e. The Morgan fingerprint density at radius 1 is 0.969 bits per heavy atom. The fourth-order valence-corrected chi connectivity index (χ4v) is 5.14. The maximum Gasteiger partial charge on any atom is 0.251 e. The van der Waals surface area contributed by atoms with Crippen LogP contribution in [0.15, 0.2) is 47.4 Å². The molecular formula is C22H25N3O6S. The molecule has 0 spiro atoms. The minimum absolute atomic E-state index is 0.0625. The highest BCUT2D eigenvalue weighted by atomic mass is 32.2. The summed E-state index contributed by atoms with van der Waals surface area (Å²) in [7, 11) is -3.69. The van der Waals surface area contributed by atoms with E-state index in [1.807, 2.05) is 18.2 Å². The summed E-state index contributed by atoms with van der Waals surface area (Å²) >= 11 is 0. The van der Waals surface area contributed by atoms with Crippen molar-refractivity contribution in [2.24, 2.45) is 0 Å². The Labute approximate surface area is 187 Å². The average molecular weight is 460 g/mol. The highest BCUT2D eigenvalue weighted by Gasteiger charge is 2.29. The Hall–Kier alpha value is -3.11. The molecule has 1 fully saturated rings. The van der Waals surface area contributed by atoms with Crippen molar-refractivity contribution < 1.29 is 27.5 Å². The van der Waals surface area contributed by atoms with Gasteiger partial charge in [0, 0.05) is 50.8 Å². The van der Waals surface area contributed by atoms with E-state index in [-0.39, 0.29) is 36.3 Å². The van der Waals surface area contributed by atoms with Gasteiger partial charge in [-0.05, 0) is 30.3 Å². The van der Waals surface area contributed by atoms with Crippen LogP contribution in [0, 0.1) is 0 Å².